The summed E-state index contributed by atoms with van der Waals surface area (Å²) in [6.07, 6.45) is -0.0257. The van der Waals surface area contributed by atoms with E-state index in [1.807, 2.05) is 6.92 Å². The molecule has 0 unspecified atom stereocenters. The molecule has 1 aromatic heterocycles. The molecule has 1 aliphatic heterocycles. The average Bonchev–Trinajstić information content (AvgIpc) is 2.84. The number of amides is 1. The van der Waals surface area contributed by atoms with E-state index in [2.05, 4.69) is 6.58 Å². The molecule has 1 aromatic carbocycles. The van der Waals surface area contributed by atoms with Crippen LogP contribution in [0.15, 0.2) is 45.6 Å². The van der Waals surface area contributed by atoms with E-state index in [0.717, 1.165) is 5.57 Å². The van der Waals surface area contributed by atoms with Gasteiger partial charge in [-0.3, -0.25) is 9.59 Å². The Kier molecular flexibility index (Phi) is 8.72. The molecule has 0 aliphatic carbocycles. The van der Waals surface area contributed by atoms with E-state index in [9.17, 15) is 14.7 Å². The van der Waals surface area contributed by atoms with Crippen LogP contribution in [0.25, 0.3) is 0 Å². The van der Waals surface area contributed by atoms with Crippen molar-refractivity contribution in [3.05, 3.63) is 63.7 Å². The van der Waals surface area contributed by atoms with Crippen LogP contribution in [-0.4, -0.2) is 63.0 Å². The number of ether oxygens (including phenoxy) is 4. The molecule has 3 rings (SSSR count). The summed E-state index contributed by atoms with van der Waals surface area (Å²) in [6.45, 7) is 7.92. The SMILES string of the molecule is C=C(C)COc1ccc([C@@H](CC(=O)N2CCOCC2)c2oc(COC)cc(=O)c2O)cc1OC. The lowest BCUT2D eigenvalue weighted by atomic mass is 9.91. The van der Waals surface area contributed by atoms with Crippen LogP contribution in [0.4, 0.5) is 0 Å². The van der Waals surface area contributed by atoms with E-state index < -0.39 is 17.1 Å². The van der Waals surface area contributed by atoms with Crippen molar-refractivity contribution in [3.8, 4) is 17.2 Å². The lowest BCUT2D eigenvalue weighted by Crippen LogP contribution is -2.41. The molecular weight excluding hydrogens is 442 g/mol. The second-order valence-corrected chi connectivity index (χ2v) is 8.13. The number of rotatable bonds is 10. The molecule has 2 heterocycles. The van der Waals surface area contributed by atoms with Gasteiger partial charge in [0.1, 0.15) is 19.0 Å². The van der Waals surface area contributed by atoms with Crippen LogP contribution in [0.3, 0.4) is 0 Å². The van der Waals surface area contributed by atoms with Crippen molar-refractivity contribution in [1.29, 1.82) is 0 Å². The molecule has 1 aliphatic rings. The maximum atomic E-state index is 13.1. The fraction of sp³-hybridized carbons (Fsp3) is 0.440. The third-order valence-corrected chi connectivity index (χ3v) is 5.41. The molecule has 0 bridgehead atoms. The topological polar surface area (TPSA) is 108 Å². The first kappa shape index (κ1) is 25.3. The highest BCUT2D eigenvalue weighted by Crippen LogP contribution is 2.38. The largest absolute Gasteiger partial charge is 0.502 e. The van der Waals surface area contributed by atoms with Gasteiger partial charge in [0.05, 0.1) is 26.2 Å². The van der Waals surface area contributed by atoms with Crippen LogP contribution in [0.5, 0.6) is 17.2 Å². The number of benzene rings is 1. The maximum Gasteiger partial charge on any atom is 0.227 e. The minimum atomic E-state index is -0.746. The predicted octanol–water partition coefficient (Wildman–Crippen LogP) is 2.84. The zero-order valence-electron chi connectivity index (χ0n) is 19.8. The molecule has 0 radical (unpaired) electrons. The van der Waals surface area contributed by atoms with Crippen molar-refractivity contribution in [2.24, 2.45) is 0 Å². The van der Waals surface area contributed by atoms with Gasteiger partial charge >= 0.3 is 0 Å². The number of nitrogens with zero attached hydrogens (tertiary/aromatic N) is 1. The Labute approximate surface area is 198 Å². The summed E-state index contributed by atoms with van der Waals surface area (Å²) in [5.74, 6) is -0.237. The van der Waals surface area contributed by atoms with E-state index in [1.165, 1.54) is 20.3 Å². The summed E-state index contributed by atoms with van der Waals surface area (Å²) < 4.78 is 27.5. The van der Waals surface area contributed by atoms with Crippen LogP contribution in [0.2, 0.25) is 0 Å². The van der Waals surface area contributed by atoms with Gasteiger partial charge in [-0.2, -0.15) is 0 Å². The van der Waals surface area contributed by atoms with Crippen molar-refractivity contribution >= 4 is 5.91 Å². The van der Waals surface area contributed by atoms with E-state index in [0.29, 0.717) is 50.0 Å². The van der Waals surface area contributed by atoms with Gasteiger partial charge in [-0.05, 0) is 30.2 Å². The molecule has 184 valence electrons. The first-order chi connectivity index (χ1) is 16.3. The fourth-order valence-corrected chi connectivity index (χ4v) is 3.70. The average molecular weight is 474 g/mol. The highest BCUT2D eigenvalue weighted by atomic mass is 16.5. The highest BCUT2D eigenvalue weighted by Gasteiger charge is 2.29. The molecule has 1 saturated heterocycles. The van der Waals surface area contributed by atoms with E-state index >= 15 is 0 Å². The summed E-state index contributed by atoms with van der Waals surface area (Å²) in [6, 6.07) is 6.37. The third-order valence-electron chi connectivity index (χ3n) is 5.41. The van der Waals surface area contributed by atoms with Crippen LogP contribution in [0, 0.1) is 0 Å². The summed E-state index contributed by atoms with van der Waals surface area (Å²) in [7, 11) is 2.98. The lowest BCUT2D eigenvalue weighted by molar-refractivity contribution is -0.135. The van der Waals surface area contributed by atoms with Gasteiger partial charge < -0.3 is 33.4 Å². The molecule has 1 amide bonds. The quantitative estimate of drug-likeness (QED) is 0.525. The van der Waals surface area contributed by atoms with Gasteiger partial charge in [0, 0.05) is 32.7 Å². The number of methoxy groups -OCH3 is 2. The fourth-order valence-electron chi connectivity index (χ4n) is 3.70. The molecule has 0 saturated carbocycles. The van der Waals surface area contributed by atoms with E-state index in [1.54, 1.807) is 23.1 Å². The number of carbonyl (C=O) groups excluding carboxylic acids is 1. The Hall–Kier alpha value is -3.30. The molecule has 2 aromatic rings. The standard InChI is InChI=1S/C25H31NO8/c1-16(2)14-33-21-6-5-17(11-22(21)31-4)19(13-23(28)26-7-9-32-10-8-26)25-24(29)20(27)12-18(34-25)15-30-3/h5-6,11-12,19,29H,1,7-10,13-15H2,2-4H3/t19-/m1/s1. The number of aromatic hydroxyl groups is 1. The van der Waals surface area contributed by atoms with Crippen LogP contribution in [-0.2, 0) is 20.9 Å². The number of hydrogen-bond donors (Lipinski definition) is 1. The molecule has 34 heavy (non-hydrogen) atoms. The first-order valence-corrected chi connectivity index (χ1v) is 11.0. The third kappa shape index (κ3) is 6.18. The Morgan fingerprint density at radius 2 is 1.94 bits per heavy atom. The molecule has 1 N–H and O–H groups in total. The Morgan fingerprint density at radius 3 is 2.59 bits per heavy atom. The van der Waals surface area contributed by atoms with Gasteiger partial charge in [-0.1, -0.05) is 12.6 Å². The monoisotopic (exact) mass is 473 g/mol. The number of morpholine rings is 1. The van der Waals surface area contributed by atoms with Crippen molar-refractivity contribution in [1.82, 2.24) is 4.90 Å². The lowest BCUT2D eigenvalue weighted by Gasteiger charge is -2.28. The second-order valence-electron chi connectivity index (χ2n) is 8.13. The highest BCUT2D eigenvalue weighted by molar-refractivity contribution is 5.78. The minimum Gasteiger partial charge on any atom is -0.502 e. The van der Waals surface area contributed by atoms with Crippen molar-refractivity contribution in [2.45, 2.75) is 25.9 Å². The summed E-state index contributed by atoms with van der Waals surface area (Å²) >= 11 is 0. The zero-order chi connectivity index (χ0) is 24.7. The van der Waals surface area contributed by atoms with Gasteiger partial charge in [0.2, 0.25) is 17.1 Å². The molecular formula is C25H31NO8. The molecule has 1 fully saturated rings. The van der Waals surface area contributed by atoms with Gasteiger partial charge in [0.25, 0.3) is 0 Å². The number of carbonyl (C=O) groups is 1. The zero-order valence-corrected chi connectivity index (χ0v) is 19.8. The summed E-state index contributed by atoms with van der Waals surface area (Å²) in [4.78, 5) is 27.3. The van der Waals surface area contributed by atoms with E-state index in [-0.39, 0.29) is 30.5 Å². The van der Waals surface area contributed by atoms with Crippen LogP contribution >= 0.6 is 0 Å². The Bertz CT molecular complexity index is 1070. The van der Waals surface area contributed by atoms with Crippen LogP contribution in [0.1, 0.15) is 36.3 Å². The molecule has 9 nitrogen and oxygen atoms in total. The minimum absolute atomic E-state index is 0.00110. The summed E-state index contributed by atoms with van der Waals surface area (Å²) in [5.41, 5.74) is 0.862. The predicted molar refractivity (Wildman–Crippen MR) is 125 cm³/mol. The summed E-state index contributed by atoms with van der Waals surface area (Å²) in [5, 5.41) is 10.6. The van der Waals surface area contributed by atoms with Crippen LogP contribution < -0.4 is 14.9 Å². The Morgan fingerprint density at radius 1 is 1.21 bits per heavy atom. The van der Waals surface area contributed by atoms with Gasteiger partial charge in [0.15, 0.2) is 17.3 Å². The van der Waals surface area contributed by atoms with Gasteiger partial charge in [-0.15, -0.1) is 0 Å². The van der Waals surface area contributed by atoms with Crippen molar-refractivity contribution in [3.63, 3.8) is 0 Å². The smallest absolute Gasteiger partial charge is 0.227 e. The Balaban J connectivity index is 2.04. The van der Waals surface area contributed by atoms with E-state index in [4.69, 9.17) is 23.4 Å². The normalized spacial score (nSPS) is 14.5. The van der Waals surface area contributed by atoms with Gasteiger partial charge in [-0.25, -0.2) is 0 Å². The van der Waals surface area contributed by atoms with Crippen molar-refractivity contribution < 1.29 is 33.3 Å². The maximum absolute atomic E-state index is 13.1. The molecule has 1 atom stereocenters. The molecule has 0 spiro atoms. The first-order valence-electron chi connectivity index (χ1n) is 11.0. The number of hydrogen-bond acceptors (Lipinski definition) is 8. The second kappa shape index (κ2) is 11.7. The van der Waals surface area contributed by atoms with Crippen molar-refractivity contribution in [2.75, 3.05) is 47.1 Å². The molecule has 9 heteroatoms.